The van der Waals surface area contributed by atoms with Crippen LogP contribution in [0, 0.1) is 5.82 Å². The van der Waals surface area contributed by atoms with Crippen LogP contribution in [0.1, 0.15) is 60.5 Å². The Morgan fingerprint density at radius 2 is 1.82 bits per heavy atom. The molecule has 0 heterocycles. The highest BCUT2D eigenvalue weighted by Gasteiger charge is 2.28. The molecule has 1 aliphatic rings. The predicted molar refractivity (Wildman–Crippen MR) is 106 cm³/mol. The third-order valence-corrected chi connectivity index (χ3v) is 5.39. The number of carbonyl (C=O) groups is 2. The second-order valence-electron chi connectivity index (χ2n) is 7.94. The topological polar surface area (TPSA) is 66.4 Å². The number of ketones is 1. The van der Waals surface area contributed by atoms with Crippen LogP contribution in [0.3, 0.4) is 0 Å². The molecule has 1 fully saturated rings. The molecule has 2 N–H and O–H groups in total. The first-order valence-corrected chi connectivity index (χ1v) is 9.75. The summed E-state index contributed by atoms with van der Waals surface area (Å²) in [5, 5.41) is 12.9. The van der Waals surface area contributed by atoms with E-state index in [1.807, 2.05) is 0 Å². The number of amides is 1. The van der Waals surface area contributed by atoms with E-state index in [0.717, 1.165) is 37.3 Å². The summed E-state index contributed by atoms with van der Waals surface area (Å²) in [6, 6.07) is 10.6. The zero-order valence-corrected chi connectivity index (χ0v) is 16.1. The van der Waals surface area contributed by atoms with E-state index in [9.17, 15) is 19.1 Å². The van der Waals surface area contributed by atoms with Gasteiger partial charge in [-0.25, -0.2) is 4.39 Å². The van der Waals surface area contributed by atoms with E-state index in [2.05, 4.69) is 12.2 Å². The van der Waals surface area contributed by atoms with Crippen molar-refractivity contribution in [3.63, 3.8) is 0 Å². The van der Waals surface area contributed by atoms with Crippen molar-refractivity contribution in [3.05, 3.63) is 65.0 Å². The summed E-state index contributed by atoms with van der Waals surface area (Å²) in [6.07, 6.45) is 5.48. The highest BCUT2D eigenvalue weighted by atomic mass is 19.1. The fraction of sp³-hybridized carbons (Fsp3) is 0.391. The monoisotopic (exact) mass is 383 g/mol. The number of carbonyl (C=O) groups excluding carboxylic acids is 2. The van der Waals surface area contributed by atoms with Crippen molar-refractivity contribution in [2.75, 3.05) is 0 Å². The zero-order chi connectivity index (χ0) is 20.1. The molecule has 0 radical (unpaired) electrons. The summed E-state index contributed by atoms with van der Waals surface area (Å²) in [5.74, 6) is -0.863. The molecule has 2 aromatic rings. The van der Waals surface area contributed by atoms with Gasteiger partial charge in [0.05, 0.1) is 0 Å². The highest BCUT2D eigenvalue weighted by molar-refractivity contribution is 5.95. The van der Waals surface area contributed by atoms with E-state index >= 15 is 0 Å². The van der Waals surface area contributed by atoms with Gasteiger partial charge in [0.1, 0.15) is 17.3 Å². The number of aromatic hydroxyl groups is 1. The molecule has 0 unspecified atom stereocenters. The van der Waals surface area contributed by atoms with Crippen molar-refractivity contribution >= 4 is 11.7 Å². The molecule has 4 nitrogen and oxygen atoms in total. The zero-order valence-electron chi connectivity index (χ0n) is 16.1. The van der Waals surface area contributed by atoms with Crippen LogP contribution >= 0.6 is 0 Å². The van der Waals surface area contributed by atoms with E-state index in [4.69, 9.17) is 0 Å². The second kappa shape index (κ2) is 8.55. The summed E-state index contributed by atoms with van der Waals surface area (Å²) in [5.41, 5.74) is 1.35. The Hall–Kier alpha value is -2.69. The van der Waals surface area contributed by atoms with Gasteiger partial charge in [-0.3, -0.25) is 9.59 Å². The molecule has 148 valence electrons. The van der Waals surface area contributed by atoms with Crippen molar-refractivity contribution < 1.29 is 19.1 Å². The smallest absolute Gasteiger partial charge is 0.251 e. The van der Waals surface area contributed by atoms with Crippen LogP contribution in [0.15, 0.2) is 42.5 Å². The first kappa shape index (κ1) is 20.1. The number of phenols is 1. The number of nitrogens with one attached hydrogen (secondary N) is 1. The van der Waals surface area contributed by atoms with Crippen LogP contribution in [0.4, 0.5) is 4.39 Å². The molecule has 28 heavy (non-hydrogen) atoms. The number of hydrogen-bond donors (Lipinski definition) is 2. The van der Waals surface area contributed by atoms with E-state index < -0.39 is 5.82 Å². The minimum absolute atomic E-state index is 0.0575. The third kappa shape index (κ3) is 5.18. The maximum Gasteiger partial charge on any atom is 0.251 e. The Kier molecular flexibility index (Phi) is 6.12. The van der Waals surface area contributed by atoms with Gasteiger partial charge >= 0.3 is 0 Å². The number of hydrogen-bond acceptors (Lipinski definition) is 3. The van der Waals surface area contributed by atoms with Crippen molar-refractivity contribution in [2.24, 2.45) is 0 Å². The lowest BCUT2D eigenvalue weighted by Crippen LogP contribution is -2.47. The van der Waals surface area contributed by atoms with Gasteiger partial charge in [-0.15, -0.1) is 0 Å². The molecular formula is C23H26FNO3. The van der Waals surface area contributed by atoms with E-state index in [1.54, 1.807) is 24.3 Å². The average Bonchev–Trinajstić information content (AvgIpc) is 2.65. The molecule has 2 aromatic carbocycles. The van der Waals surface area contributed by atoms with Gasteiger partial charge in [0.25, 0.3) is 5.91 Å². The number of halogens is 1. The number of Topliss-reactive ketones (excluding diaryl/α,β-unsaturated/α-hetero) is 1. The summed E-state index contributed by atoms with van der Waals surface area (Å²) in [4.78, 5) is 25.0. The van der Waals surface area contributed by atoms with Crippen molar-refractivity contribution in [1.29, 1.82) is 0 Å². The fourth-order valence-electron chi connectivity index (χ4n) is 3.82. The van der Waals surface area contributed by atoms with E-state index in [0.29, 0.717) is 5.56 Å². The van der Waals surface area contributed by atoms with Crippen LogP contribution in [0.5, 0.6) is 5.75 Å². The molecule has 1 saturated carbocycles. The van der Waals surface area contributed by atoms with Gasteiger partial charge in [-0.05, 0) is 55.7 Å². The van der Waals surface area contributed by atoms with E-state index in [-0.39, 0.29) is 41.4 Å². The molecule has 5 heteroatoms. The number of phenolic OH excluding ortho intramolecular Hbond substituents is 1. The molecule has 0 saturated heterocycles. The number of rotatable bonds is 6. The molecule has 0 bridgehead atoms. The minimum atomic E-state index is -0.490. The van der Waals surface area contributed by atoms with Crippen molar-refractivity contribution in [2.45, 2.75) is 57.4 Å². The Morgan fingerprint density at radius 1 is 1.07 bits per heavy atom. The summed E-state index contributed by atoms with van der Waals surface area (Å²) in [6.45, 7) is 2.09. The molecule has 0 aliphatic heterocycles. The predicted octanol–water partition coefficient (Wildman–Crippen LogP) is 4.34. The third-order valence-electron chi connectivity index (χ3n) is 5.39. The molecule has 1 amide bonds. The van der Waals surface area contributed by atoms with Crippen molar-refractivity contribution in [3.8, 4) is 5.75 Å². The van der Waals surface area contributed by atoms with Gasteiger partial charge in [0, 0.05) is 29.5 Å². The summed E-state index contributed by atoms with van der Waals surface area (Å²) in [7, 11) is 0. The van der Waals surface area contributed by atoms with Gasteiger partial charge in [-0.1, -0.05) is 31.4 Å². The Balaban J connectivity index is 1.64. The van der Waals surface area contributed by atoms with Crippen molar-refractivity contribution in [1.82, 2.24) is 5.32 Å². The van der Waals surface area contributed by atoms with E-state index in [1.165, 1.54) is 18.6 Å². The first-order chi connectivity index (χ1) is 13.3. The van der Waals surface area contributed by atoms with Crippen LogP contribution < -0.4 is 5.32 Å². The maximum atomic E-state index is 13.3. The lowest BCUT2D eigenvalue weighted by atomic mass is 9.83. The Bertz CT molecular complexity index is 872. The maximum absolute atomic E-state index is 13.3. The normalized spacial score (nSPS) is 15.8. The molecule has 3 rings (SSSR count). The second-order valence-corrected chi connectivity index (χ2v) is 7.94. The Labute approximate surface area is 164 Å². The molecular weight excluding hydrogens is 357 g/mol. The molecule has 0 aromatic heterocycles. The minimum Gasteiger partial charge on any atom is -0.508 e. The Morgan fingerprint density at radius 3 is 2.57 bits per heavy atom. The van der Waals surface area contributed by atoms with Crippen LogP contribution in [0.2, 0.25) is 0 Å². The lowest BCUT2D eigenvalue weighted by molar-refractivity contribution is -0.117. The molecule has 0 spiro atoms. The van der Waals surface area contributed by atoms with Gasteiger partial charge in [0.2, 0.25) is 0 Å². The number of benzene rings is 2. The summed E-state index contributed by atoms with van der Waals surface area (Å²) >= 11 is 0. The first-order valence-electron chi connectivity index (χ1n) is 9.75. The fourth-order valence-corrected chi connectivity index (χ4v) is 3.82. The van der Waals surface area contributed by atoms with Crippen LogP contribution in [-0.4, -0.2) is 22.3 Å². The van der Waals surface area contributed by atoms with Crippen LogP contribution in [-0.2, 0) is 17.6 Å². The van der Waals surface area contributed by atoms with Crippen LogP contribution in [0.25, 0.3) is 0 Å². The summed E-state index contributed by atoms with van der Waals surface area (Å²) < 4.78 is 13.3. The average molecular weight is 383 g/mol. The highest BCUT2D eigenvalue weighted by Crippen LogP contribution is 2.28. The largest absolute Gasteiger partial charge is 0.508 e. The SMILES string of the molecule is CC1(NC(=O)c2cccc(CC(=O)Cc3cc(F)ccc3O)c2)CCCCC1. The molecule has 1 aliphatic carbocycles. The van der Waals surface area contributed by atoms with Gasteiger partial charge in [-0.2, -0.15) is 0 Å². The van der Waals surface area contributed by atoms with Gasteiger partial charge < -0.3 is 10.4 Å². The molecule has 0 atom stereocenters. The lowest BCUT2D eigenvalue weighted by Gasteiger charge is -2.34. The quantitative estimate of drug-likeness (QED) is 0.780. The standard InChI is InChI=1S/C23H26FNO3/c1-23(10-3-2-4-11-23)25-22(28)17-7-5-6-16(12-17)13-20(26)15-18-14-19(24)8-9-21(18)27/h5-9,12,14,27H,2-4,10-11,13,15H2,1H3,(H,25,28). The van der Waals surface area contributed by atoms with Gasteiger partial charge in [0.15, 0.2) is 0 Å².